The molecule has 1 aromatic carbocycles. The van der Waals surface area contributed by atoms with Crippen molar-refractivity contribution in [3.8, 4) is 0 Å². The molecule has 112 valence electrons. The highest BCUT2D eigenvalue weighted by Gasteiger charge is 2.58. The van der Waals surface area contributed by atoms with Crippen molar-refractivity contribution >= 4 is 17.5 Å². The zero-order chi connectivity index (χ0) is 15.3. The molecule has 1 saturated heterocycles. The van der Waals surface area contributed by atoms with Gasteiger partial charge in [0.25, 0.3) is 5.91 Å². The molecule has 22 heavy (non-hydrogen) atoms. The number of hydrogen-bond acceptors (Lipinski definition) is 4. The standard InChI is InChI=1S/C16H14ClN3O2/c17-12-3-1-11(2-4-12)16-14-9-18-6-5-13(14)15(22)20(16)8-7-19(16)10-21/h1-6,9,21H,7-8,10H2. The molecule has 6 heteroatoms. The minimum Gasteiger partial charge on any atom is -0.381 e. The summed E-state index contributed by atoms with van der Waals surface area (Å²) in [6.07, 6.45) is 3.34. The van der Waals surface area contributed by atoms with Crippen molar-refractivity contribution in [2.45, 2.75) is 5.66 Å². The number of aromatic nitrogens is 1. The molecule has 1 N–H and O–H groups in total. The number of amides is 1. The van der Waals surface area contributed by atoms with Gasteiger partial charge in [0.1, 0.15) is 0 Å². The van der Waals surface area contributed by atoms with Crippen molar-refractivity contribution in [1.29, 1.82) is 0 Å². The topological polar surface area (TPSA) is 56.7 Å². The van der Waals surface area contributed by atoms with Gasteiger partial charge in [-0.25, -0.2) is 4.90 Å². The van der Waals surface area contributed by atoms with E-state index in [0.29, 0.717) is 23.7 Å². The van der Waals surface area contributed by atoms with E-state index < -0.39 is 5.66 Å². The van der Waals surface area contributed by atoms with E-state index in [0.717, 1.165) is 11.1 Å². The Balaban J connectivity index is 2.02. The molecule has 0 radical (unpaired) electrons. The van der Waals surface area contributed by atoms with Gasteiger partial charge < -0.3 is 10.0 Å². The molecule has 0 bridgehead atoms. The molecule has 1 atom stereocenters. The number of nitrogens with zero attached hydrogens (tertiary/aromatic N) is 3. The third-order valence-corrected chi connectivity index (χ3v) is 4.78. The van der Waals surface area contributed by atoms with E-state index in [1.54, 1.807) is 35.5 Å². The molecule has 0 saturated carbocycles. The van der Waals surface area contributed by atoms with Gasteiger partial charge in [0.15, 0.2) is 5.66 Å². The van der Waals surface area contributed by atoms with Gasteiger partial charge in [-0.1, -0.05) is 23.7 Å². The highest BCUT2D eigenvalue weighted by molar-refractivity contribution is 6.30. The van der Waals surface area contributed by atoms with Crippen LogP contribution in [0.1, 0.15) is 21.5 Å². The van der Waals surface area contributed by atoms with Crippen molar-refractivity contribution < 1.29 is 9.90 Å². The predicted molar refractivity (Wildman–Crippen MR) is 81.3 cm³/mol. The maximum absolute atomic E-state index is 12.7. The first kappa shape index (κ1) is 13.7. The van der Waals surface area contributed by atoms with Gasteiger partial charge in [-0.2, -0.15) is 0 Å². The average molecular weight is 316 g/mol. The lowest BCUT2D eigenvalue weighted by molar-refractivity contribution is 0.00519. The molecule has 1 aromatic heterocycles. The quantitative estimate of drug-likeness (QED) is 0.915. The lowest BCUT2D eigenvalue weighted by Gasteiger charge is -2.39. The average Bonchev–Trinajstić information content (AvgIpc) is 3.05. The number of aliphatic hydroxyl groups excluding tert-OH is 1. The van der Waals surface area contributed by atoms with Crippen LogP contribution in [0.3, 0.4) is 0 Å². The third kappa shape index (κ3) is 1.56. The van der Waals surface area contributed by atoms with Crippen LogP contribution in [0.25, 0.3) is 0 Å². The van der Waals surface area contributed by atoms with Crippen LogP contribution in [0.5, 0.6) is 0 Å². The van der Waals surface area contributed by atoms with Crippen LogP contribution in [0.2, 0.25) is 5.02 Å². The van der Waals surface area contributed by atoms with Crippen LogP contribution >= 0.6 is 11.6 Å². The first-order chi connectivity index (χ1) is 10.7. The number of halogens is 1. The Hall–Kier alpha value is -1.95. The summed E-state index contributed by atoms with van der Waals surface area (Å²) in [5.74, 6) is -0.0247. The minimum atomic E-state index is -0.792. The van der Waals surface area contributed by atoms with Crippen molar-refractivity contribution in [3.05, 3.63) is 64.4 Å². The Labute approximate surface area is 132 Å². The summed E-state index contributed by atoms with van der Waals surface area (Å²) in [5, 5.41) is 10.5. The highest BCUT2D eigenvalue weighted by atomic mass is 35.5. The molecule has 0 aliphatic carbocycles. The van der Waals surface area contributed by atoms with Crippen LogP contribution in [-0.4, -0.2) is 45.6 Å². The monoisotopic (exact) mass is 315 g/mol. The lowest BCUT2D eigenvalue weighted by atomic mass is 9.91. The first-order valence-corrected chi connectivity index (χ1v) is 7.46. The first-order valence-electron chi connectivity index (χ1n) is 7.08. The van der Waals surface area contributed by atoms with Gasteiger partial charge in [0, 0.05) is 41.6 Å². The fourth-order valence-electron chi connectivity index (χ4n) is 3.63. The number of pyridine rings is 1. The van der Waals surface area contributed by atoms with Crippen LogP contribution in [0.15, 0.2) is 42.7 Å². The number of carbonyl (C=O) groups is 1. The van der Waals surface area contributed by atoms with Crippen molar-refractivity contribution in [3.63, 3.8) is 0 Å². The summed E-state index contributed by atoms with van der Waals surface area (Å²) in [4.78, 5) is 20.6. The second kappa shape index (κ2) is 4.78. The van der Waals surface area contributed by atoms with Gasteiger partial charge >= 0.3 is 0 Å². The molecule has 1 amide bonds. The molecule has 3 heterocycles. The van der Waals surface area contributed by atoms with E-state index in [9.17, 15) is 9.90 Å². The van der Waals surface area contributed by atoms with Crippen LogP contribution in [-0.2, 0) is 5.66 Å². The fraction of sp³-hybridized carbons (Fsp3) is 0.250. The van der Waals surface area contributed by atoms with Crippen LogP contribution < -0.4 is 0 Å². The summed E-state index contributed by atoms with van der Waals surface area (Å²) in [6, 6.07) is 9.15. The molecule has 2 aliphatic rings. The fourth-order valence-corrected chi connectivity index (χ4v) is 3.76. The smallest absolute Gasteiger partial charge is 0.256 e. The molecule has 2 aliphatic heterocycles. The highest BCUT2D eigenvalue weighted by Crippen LogP contribution is 2.48. The molecule has 0 spiro atoms. The summed E-state index contributed by atoms with van der Waals surface area (Å²) >= 11 is 6.00. The summed E-state index contributed by atoms with van der Waals surface area (Å²) in [5.41, 5.74) is 1.57. The summed E-state index contributed by atoms with van der Waals surface area (Å²) in [6.45, 7) is 1.04. The van der Waals surface area contributed by atoms with Crippen LogP contribution in [0, 0.1) is 0 Å². The van der Waals surface area contributed by atoms with E-state index in [1.165, 1.54) is 0 Å². The second-order valence-electron chi connectivity index (χ2n) is 5.46. The zero-order valence-electron chi connectivity index (χ0n) is 11.7. The normalized spacial score (nSPS) is 23.7. The number of hydrogen-bond donors (Lipinski definition) is 1. The third-order valence-electron chi connectivity index (χ3n) is 4.53. The Bertz CT molecular complexity index is 749. The number of carbonyl (C=O) groups excluding carboxylic acids is 1. The summed E-state index contributed by atoms with van der Waals surface area (Å²) < 4.78 is 0. The Morgan fingerprint density at radius 1 is 1.23 bits per heavy atom. The van der Waals surface area contributed by atoms with Crippen molar-refractivity contribution in [2.24, 2.45) is 0 Å². The minimum absolute atomic E-state index is 0.0247. The number of benzene rings is 1. The summed E-state index contributed by atoms with van der Waals surface area (Å²) in [7, 11) is 0. The van der Waals surface area contributed by atoms with Gasteiger partial charge in [-0.3, -0.25) is 9.78 Å². The molecular formula is C16H14ClN3O2. The molecule has 2 aromatic rings. The van der Waals surface area contributed by atoms with E-state index in [-0.39, 0.29) is 12.6 Å². The van der Waals surface area contributed by atoms with Gasteiger partial charge in [-0.05, 0) is 23.8 Å². The maximum atomic E-state index is 12.7. The molecule has 5 nitrogen and oxygen atoms in total. The van der Waals surface area contributed by atoms with Crippen molar-refractivity contribution in [2.75, 3.05) is 19.8 Å². The molecule has 4 rings (SSSR count). The van der Waals surface area contributed by atoms with E-state index >= 15 is 0 Å². The van der Waals surface area contributed by atoms with Crippen molar-refractivity contribution in [1.82, 2.24) is 14.8 Å². The maximum Gasteiger partial charge on any atom is 0.256 e. The van der Waals surface area contributed by atoms with E-state index in [4.69, 9.17) is 11.6 Å². The molecule has 1 unspecified atom stereocenters. The van der Waals surface area contributed by atoms with E-state index in [1.807, 2.05) is 17.0 Å². The van der Waals surface area contributed by atoms with Gasteiger partial charge in [0.05, 0.1) is 6.73 Å². The van der Waals surface area contributed by atoms with E-state index in [2.05, 4.69) is 4.98 Å². The number of aliphatic hydroxyl groups is 1. The van der Waals surface area contributed by atoms with Crippen LogP contribution in [0.4, 0.5) is 0 Å². The SMILES string of the molecule is O=C1c2ccncc2C2(c3ccc(Cl)cc3)N(CO)CCN12. The molecule has 1 fully saturated rings. The van der Waals surface area contributed by atoms with Gasteiger partial charge in [-0.15, -0.1) is 0 Å². The predicted octanol–water partition coefficient (Wildman–Crippen LogP) is 1.66. The largest absolute Gasteiger partial charge is 0.381 e. The number of fused-ring (bicyclic) bond motifs is 3. The zero-order valence-corrected chi connectivity index (χ0v) is 12.5. The second-order valence-corrected chi connectivity index (χ2v) is 5.90. The van der Waals surface area contributed by atoms with Gasteiger partial charge in [0.2, 0.25) is 0 Å². The molecular weight excluding hydrogens is 302 g/mol. The Morgan fingerprint density at radius 3 is 2.73 bits per heavy atom. The Morgan fingerprint density at radius 2 is 2.00 bits per heavy atom. The Kier molecular flexibility index (Phi) is 2.97. The number of rotatable bonds is 2. The lowest BCUT2D eigenvalue weighted by Crippen LogP contribution is -2.49.